The molecule has 0 radical (unpaired) electrons. The quantitative estimate of drug-likeness (QED) is 0.749. The predicted molar refractivity (Wildman–Crippen MR) is 65.2 cm³/mol. The number of hydrogen-bond donors (Lipinski definition) is 1. The molecule has 0 saturated carbocycles. The molecule has 1 aliphatic heterocycles. The van der Waals surface area contributed by atoms with Gasteiger partial charge in [0.15, 0.2) is 0 Å². The first-order chi connectivity index (χ1) is 7.52. The first kappa shape index (κ1) is 13.5. The van der Waals surface area contributed by atoms with Crippen LogP contribution in [0.25, 0.3) is 0 Å². The highest BCUT2D eigenvalue weighted by Gasteiger charge is 2.40. The molecule has 16 heavy (non-hydrogen) atoms. The summed E-state index contributed by atoms with van der Waals surface area (Å²) in [6.45, 7) is 10.1. The minimum atomic E-state index is -0.228. The zero-order chi connectivity index (χ0) is 12.2. The van der Waals surface area contributed by atoms with E-state index in [1.54, 1.807) is 0 Å². The number of carbonyl (C=O) groups is 1. The predicted octanol–water partition coefficient (Wildman–Crippen LogP) is 2.35. The van der Waals surface area contributed by atoms with Crippen molar-refractivity contribution in [3.63, 3.8) is 0 Å². The molecule has 1 heterocycles. The van der Waals surface area contributed by atoms with E-state index >= 15 is 0 Å². The molecule has 1 aliphatic rings. The highest BCUT2D eigenvalue weighted by Crippen LogP contribution is 2.34. The molecule has 1 fully saturated rings. The van der Waals surface area contributed by atoms with Crippen molar-refractivity contribution >= 4 is 5.97 Å². The molecule has 1 N–H and O–H groups in total. The Labute approximate surface area is 98.9 Å². The number of esters is 1. The highest BCUT2D eigenvalue weighted by molar-refractivity contribution is 5.77. The van der Waals surface area contributed by atoms with Gasteiger partial charge in [-0.1, -0.05) is 20.8 Å². The van der Waals surface area contributed by atoms with Crippen LogP contribution in [0.5, 0.6) is 0 Å². The fourth-order valence-electron chi connectivity index (χ4n) is 2.04. The lowest BCUT2D eigenvalue weighted by Crippen LogP contribution is -2.44. The van der Waals surface area contributed by atoms with E-state index in [1.165, 1.54) is 0 Å². The van der Waals surface area contributed by atoms with E-state index in [2.05, 4.69) is 26.1 Å². The molecule has 1 atom stereocenters. The van der Waals surface area contributed by atoms with Crippen LogP contribution in [-0.4, -0.2) is 25.2 Å². The van der Waals surface area contributed by atoms with Gasteiger partial charge < -0.3 is 10.1 Å². The van der Waals surface area contributed by atoms with Crippen molar-refractivity contribution in [1.29, 1.82) is 0 Å². The molecule has 3 heteroatoms. The smallest absolute Gasteiger partial charge is 0.312 e. The molecule has 1 rings (SSSR count). The van der Waals surface area contributed by atoms with Crippen molar-refractivity contribution in [2.45, 2.75) is 53.1 Å². The number of piperidine rings is 1. The topological polar surface area (TPSA) is 38.3 Å². The van der Waals surface area contributed by atoms with Crippen molar-refractivity contribution in [2.75, 3.05) is 13.1 Å². The van der Waals surface area contributed by atoms with Crippen LogP contribution >= 0.6 is 0 Å². The Bertz CT molecular complexity index is 232. The van der Waals surface area contributed by atoms with Gasteiger partial charge in [-0.2, -0.15) is 0 Å². The monoisotopic (exact) mass is 227 g/mol. The lowest BCUT2D eigenvalue weighted by atomic mass is 9.76. The summed E-state index contributed by atoms with van der Waals surface area (Å²) in [6.07, 6.45) is 2.73. The van der Waals surface area contributed by atoms with Crippen LogP contribution in [0.3, 0.4) is 0 Å². The number of carbonyl (C=O) groups excluding carboxylic acids is 1. The SMILES string of the molecule is CCC1(C(=O)OC(C)C(C)C)CCNCC1. The second-order valence-corrected chi connectivity index (χ2v) is 5.24. The van der Waals surface area contributed by atoms with E-state index in [0.29, 0.717) is 5.92 Å². The number of hydrogen-bond acceptors (Lipinski definition) is 3. The maximum Gasteiger partial charge on any atom is 0.312 e. The molecule has 0 bridgehead atoms. The van der Waals surface area contributed by atoms with Gasteiger partial charge in [-0.05, 0) is 45.2 Å². The summed E-state index contributed by atoms with van der Waals surface area (Å²) in [6, 6.07) is 0. The van der Waals surface area contributed by atoms with Gasteiger partial charge in [-0.25, -0.2) is 0 Å². The summed E-state index contributed by atoms with van der Waals surface area (Å²) in [4.78, 5) is 12.2. The third-order valence-corrected chi connectivity index (χ3v) is 3.90. The molecule has 1 unspecified atom stereocenters. The molecule has 0 spiro atoms. The second-order valence-electron chi connectivity index (χ2n) is 5.24. The molecule has 0 aliphatic carbocycles. The van der Waals surface area contributed by atoms with E-state index in [0.717, 1.165) is 32.4 Å². The first-order valence-corrected chi connectivity index (χ1v) is 6.43. The van der Waals surface area contributed by atoms with Crippen LogP contribution in [0.4, 0.5) is 0 Å². The first-order valence-electron chi connectivity index (χ1n) is 6.43. The Balaban J connectivity index is 2.61. The van der Waals surface area contributed by atoms with Crippen molar-refractivity contribution in [3.8, 4) is 0 Å². The zero-order valence-electron chi connectivity index (χ0n) is 11.0. The van der Waals surface area contributed by atoms with Crippen molar-refractivity contribution in [3.05, 3.63) is 0 Å². The van der Waals surface area contributed by atoms with Crippen molar-refractivity contribution in [2.24, 2.45) is 11.3 Å². The van der Waals surface area contributed by atoms with E-state index in [-0.39, 0.29) is 17.5 Å². The Morgan fingerprint density at radius 1 is 1.31 bits per heavy atom. The van der Waals surface area contributed by atoms with Gasteiger partial charge in [0.05, 0.1) is 5.41 Å². The fourth-order valence-corrected chi connectivity index (χ4v) is 2.04. The summed E-state index contributed by atoms with van der Waals surface area (Å²) in [5, 5.41) is 3.30. The average Bonchev–Trinajstić information content (AvgIpc) is 2.29. The fraction of sp³-hybridized carbons (Fsp3) is 0.923. The Kier molecular flexibility index (Phi) is 4.78. The van der Waals surface area contributed by atoms with Gasteiger partial charge >= 0.3 is 5.97 Å². The Morgan fingerprint density at radius 2 is 1.88 bits per heavy atom. The van der Waals surface area contributed by atoms with Crippen LogP contribution in [-0.2, 0) is 9.53 Å². The summed E-state index contributed by atoms with van der Waals surface area (Å²) < 4.78 is 5.58. The van der Waals surface area contributed by atoms with Crippen LogP contribution in [0.2, 0.25) is 0 Å². The second kappa shape index (κ2) is 5.67. The summed E-state index contributed by atoms with van der Waals surface area (Å²) in [5.41, 5.74) is -0.228. The van der Waals surface area contributed by atoms with Gasteiger partial charge in [0.1, 0.15) is 6.10 Å². The molecular weight excluding hydrogens is 202 g/mol. The largest absolute Gasteiger partial charge is 0.462 e. The van der Waals surface area contributed by atoms with E-state index in [1.807, 2.05) is 6.92 Å². The maximum absolute atomic E-state index is 12.2. The summed E-state index contributed by atoms with van der Waals surface area (Å²) >= 11 is 0. The molecule has 3 nitrogen and oxygen atoms in total. The third kappa shape index (κ3) is 2.97. The molecule has 94 valence electrons. The summed E-state index contributed by atoms with van der Waals surface area (Å²) in [5.74, 6) is 0.400. The zero-order valence-corrected chi connectivity index (χ0v) is 11.0. The summed E-state index contributed by atoms with van der Waals surface area (Å²) in [7, 11) is 0. The molecule has 1 saturated heterocycles. The molecular formula is C13H25NO2. The standard InChI is InChI=1S/C13H25NO2/c1-5-13(6-8-14-9-7-13)12(15)16-11(4)10(2)3/h10-11,14H,5-9H2,1-4H3. The lowest BCUT2D eigenvalue weighted by molar-refractivity contribution is -0.165. The average molecular weight is 227 g/mol. The molecule has 0 aromatic carbocycles. The Morgan fingerprint density at radius 3 is 2.31 bits per heavy atom. The van der Waals surface area contributed by atoms with Gasteiger partial charge in [-0.15, -0.1) is 0 Å². The minimum absolute atomic E-state index is 0.0118. The number of rotatable bonds is 4. The molecule has 0 aromatic heterocycles. The van der Waals surface area contributed by atoms with E-state index in [9.17, 15) is 4.79 Å². The lowest BCUT2D eigenvalue weighted by Gasteiger charge is -2.35. The van der Waals surface area contributed by atoms with Crippen LogP contribution in [0.1, 0.15) is 47.0 Å². The van der Waals surface area contributed by atoms with Crippen molar-refractivity contribution < 1.29 is 9.53 Å². The number of nitrogens with one attached hydrogen (secondary N) is 1. The van der Waals surface area contributed by atoms with Crippen molar-refractivity contribution in [1.82, 2.24) is 5.32 Å². The number of ether oxygens (including phenoxy) is 1. The maximum atomic E-state index is 12.2. The van der Waals surface area contributed by atoms with Gasteiger partial charge in [0.2, 0.25) is 0 Å². The van der Waals surface area contributed by atoms with Gasteiger partial charge in [0.25, 0.3) is 0 Å². The van der Waals surface area contributed by atoms with E-state index in [4.69, 9.17) is 4.74 Å². The van der Waals surface area contributed by atoms with E-state index < -0.39 is 0 Å². The van der Waals surface area contributed by atoms with Crippen LogP contribution < -0.4 is 5.32 Å². The normalized spacial score (nSPS) is 21.8. The van der Waals surface area contributed by atoms with Gasteiger partial charge in [0, 0.05) is 0 Å². The third-order valence-electron chi connectivity index (χ3n) is 3.90. The van der Waals surface area contributed by atoms with Gasteiger partial charge in [-0.3, -0.25) is 4.79 Å². The molecule has 0 aromatic rings. The highest BCUT2D eigenvalue weighted by atomic mass is 16.5. The minimum Gasteiger partial charge on any atom is -0.462 e. The molecule has 0 amide bonds. The Hall–Kier alpha value is -0.570. The van der Waals surface area contributed by atoms with Crippen LogP contribution in [0, 0.1) is 11.3 Å². The van der Waals surface area contributed by atoms with Crippen LogP contribution in [0.15, 0.2) is 0 Å².